The number of fused-ring (bicyclic) bond motifs is 7. The van der Waals surface area contributed by atoms with E-state index in [4.69, 9.17) is 0 Å². The van der Waals surface area contributed by atoms with E-state index in [1.807, 2.05) is 0 Å². The molecule has 0 amide bonds. The first-order valence-electron chi connectivity index (χ1n) is 10.1. The predicted octanol–water partition coefficient (Wildman–Crippen LogP) is 7.05. The molecule has 0 fully saturated rings. The van der Waals surface area contributed by atoms with Gasteiger partial charge in [-0.1, -0.05) is 54.6 Å². The van der Waals surface area contributed by atoms with Crippen LogP contribution < -0.4 is 0 Å². The van der Waals surface area contributed by atoms with Crippen molar-refractivity contribution >= 4 is 43.6 Å². The van der Waals surface area contributed by atoms with Crippen LogP contribution >= 0.6 is 0 Å². The number of aromatic nitrogens is 2. The van der Waals surface area contributed by atoms with Gasteiger partial charge >= 0.3 is 0 Å². The summed E-state index contributed by atoms with van der Waals surface area (Å²) in [5, 5.41) is 5.22. The summed E-state index contributed by atoms with van der Waals surface area (Å²) in [6, 6.07) is 28.9. The second-order valence-corrected chi connectivity index (χ2v) is 8.13. The number of hydrogen-bond donors (Lipinski definition) is 0. The first-order valence-corrected chi connectivity index (χ1v) is 10.1. The van der Waals surface area contributed by atoms with Crippen LogP contribution in [0.2, 0.25) is 0 Å². The van der Waals surface area contributed by atoms with Gasteiger partial charge in [-0.05, 0) is 49.2 Å². The van der Waals surface area contributed by atoms with E-state index in [1.165, 1.54) is 60.4 Å². The van der Waals surface area contributed by atoms with Crippen molar-refractivity contribution < 1.29 is 0 Å². The van der Waals surface area contributed by atoms with Gasteiger partial charge in [-0.3, -0.25) is 0 Å². The molecule has 0 aliphatic carbocycles. The summed E-state index contributed by atoms with van der Waals surface area (Å²) in [5.74, 6) is 0. The van der Waals surface area contributed by atoms with E-state index in [-0.39, 0.29) is 0 Å². The van der Waals surface area contributed by atoms with E-state index < -0.39 is 0 Å². The Hall–Kier alpha value is -3.52. The van der Waals surface area contributed by atoms with E-state index in [9.17, 15) is 0 Å². The molecule has 0 spiro atoms. The molecule has 4 aromatic carbocycles. The Morgan fingerprint density at radius 2 is 1.10 bits per heavy atom. The summed E-state index contributed by atoms with van der Waals surface area (Å²) < 4.78 is 4.80. The SMILES string of the molecule is Cc1cc(C)cc(-n2c3ccccc3c3ccc4c5ccccc5n(C)c4c32)c1. The van der Waals surface area contributed by atoms with Crippen molar-refractivity contribution in [2.45, 2.75) is 13.8 Å². The lowest BCUT2D eigenvalue weighted by Gasteiger charge is -2.12. The van der Waals surface area contributed by atoms with E-state index in [0.717, 1.165) is 0 Å². The first-order chi connectivity index (χ1) is 14.1. The monoisotopic (exact) mass is 374 g/mol. The molecule has 2 nitrogen and oxygen atoms in total. The molecule has 0 N–H and O–H groups in total. The molecule has 140 valence electrons. The molecule has 29 heavy (non-hydrogen) atoms. The molecule has 2 heteroatoms. The quantitative estimate of drug-likeness (QED) is 0.292. The number of nitrogens with zero attached hydrogens (tertiary/aromatic N) is 2. The molecule has 0 aliphatic heterocycles. The van der Waals surface area contributed by atoms with Crippen LogP contribution in [-0.2, 0) is 7.05 Å². The van der Waals surface area contributed by atoms with Gasteiger partial charge in [-0.25, -0.2) is 0 Å². The third-order valence-corrected chi connectivity index (χ3v) is 6.17. The Kier molecular flexibility index (Phi) is 3.25. The minimum Gasteiger partial charge on any atom is -0.342 e. The molecule has 0 aliphatic rings. The molecule has 0 bridgehead atoms. The molecule has 2 heterocycles. The van der Waals surface area contributed by atoms with Crippen LogP contribution in [0.5, 0.6) is 0 Å². The van der Waals surface area contributed by atoms with Gasteiger partial charge in [0, 0.05) is 39.8 Å². The minimum atomic E-state index is 1.23. The molecule has 0 radical (unpaired) electrons. The highest BCUT2D eigenvalue weighted by atomic mass is 15.0. The average Bonchev–Trinajstić information content (AvgIpc) is 3.20. The molecule has 0 unspecified atom stereocenters. The summed E-state index contributed by atoms with van der Waals surface area (Å²) >= 11 is 0. The summed E-state index contributed by atoms with van der Waals surface area (Å²) in [7, 11) is 2.19. The highest BCUT2D eigenvalue weighted by molar-refractivity contribution is 6.23. The fourth-order valence-electron chi connectivity index (χ4n) is 5.06. The number of para-hydroxylation sites is 2. The third-order valence-electron chi connectivity index (χ3n) is 6.17. The van der Waals surface area contributed by atoms with Crippen molar-refractivity contribution in [2.24, 2.45) is 7.05 Å². The zero-order valence-corrected chi connectivity index (χ0v) is 16.9. The lowest BCUT2D eigenvalue weighted by molar-refractivity contribution is 1.01. The van der Waals surface area contributed by atoms with E-state index >= 15 is 0 Å². The van der Waals surface area contributed by atoms with Crippen LogP contribution in [0.4, 0.5) is 0 Å². The number of benzene rings is 4. The van der Waals surface area contributed by atoms with Gasteiger partial charge < -0.3 is 9.13 Å². The summed E-state index contributed by atoms with van der Waals surface area (Å²) in [6.45, 7) is 4.35. The molecule has 0 atom stereocenters. The largest absolute Gasteiger partial charge is 0.342 e. The maximum Gasteiger partial charge on any atom is 0.0785 e. The predicted molar refractivity (Wildman–Crippen MR) is 124 cm³/mol. The zero-order valence-electron chi connectivity index (χ0n) is 16.9. The molecule has 0 saturated carbocycles. The van der Waals surface area contributed by atoms with Crippen molar-refractivity contribution in [2.75, 3.05) is 0 Å². The highest BCUT2D eigenvalue weighted by Crippen LogP contribution is 2.39. The van der Waals surface area contributed by atoms with Crippen LogP contribution in [0.1, 0.15) is 11.1 Å². The van der Waals surface area contributed by atoms with Crippen LogP contribution in [0.15, 0.2) is 78.9 Å². The van der Waals surface area contributed by atoms with Crippen LogP contribution in [-0.4, -0.2) is 9.13 Å². The summed E-state index contributed by atoms with van der Waals surface area (Å²) in [6.07, 6.45) is 0. The molecular formula is C27H22N2. The Balaban J connectivity index is 1.93. The maximum absolute atomic E-state index is 2.45. The third kappa shape index (κ3) is 2.17. The van der Waals surface area contributed by atoms with Crippen molar-refractivity contribution in [1.29, 1.82) is 0 Å². The Morgan fingerprint density at radius 1 is 0.552 bits per heavy atom. The Labute approximate surface area is 169 Å². The van der Waals surface area contributed by atoms with Crippen molar-refractivity contribution in [1.82, 2.24) is 9.13 Å². The minimum absolute atomic E-state index is 1.23. The maximum atomic E-state index is 2.45. The molecule has 6 rings (SSSR count). The summed E-state index contributed by atoms with van der Waals surface area (Å²) in [4.78, 5) is 0. The first kappa shape index (κ1) is 16.4. The van der Waals surface area contributed by atoms with E-state index in [1.54, 1.807) is 0 Å². The van der Waals surface area contributed by atoms with Crippen molar-refractivity contribution in [3.8, 4) is 5.69 Å². The van der Waals surface area contributed by atoms with Crippen molar-refractivity contribution in [3.05, 3.63) is 90.0 Å². The Bertz CT molecular complexity index is 1560. The Morgan fingerprint density at radius 3 is 1.79 bits per heavy atom. The topological polar surface area (TPSA) is 9.86 Å². The lowest BCUT2D eigenvalue weighted by atomic mass is 10.1. The van der Waals surface area contributed by atoms with Crippen LogP contribution in [0.25, 0.3) is 49.3 Å². The fourth-order valence-corrected chi connectivity index (χ4v) is 5.06. The zero-order chi connectivity index (χ0) is 19.7. The number of hydrogen-bond acceptors (Lipinski definition) is 0. The highest BCUT2D eigenvalue weighted by Gasteiger charge is 2.18. The van der Waals surface area contributed by atoms with Gasteiger partial charge in [-0.15, -0.1) is 0 Å². The van der Waals surface area contributed by atoms with E-state index in [2.05, 4.69) is 109 Å². The van der Waals surface area contributed by atoms with Crippen molar-refractivity contribution in [3.63, 3.8) is 0 Å². The molecule has 0 saturated heterocycles. The molecular weight excluding hydrogens is 352 g/mol. The van der Waals surface area contributed by atoms with Gasteiger partial charge in [0.05, 0.1) is 16.6 Å². The van der Waals surface area contributed by atoms with Gasteiger partial charge in [0.25, 0.3) is 0 Å². The molecule has 2 aromatic heterocycles. The lowest BCUT2D eigenvalue weighted by Crippen LogP contribution is -1.97. The van der Waals surface area contributed by atoms with Gasteiger partial charge in [0.2, 0.25) is 0 Å². The number of aryl methyl sites for hydroxylation is 3. The number of rotatable bonds is 1. The van der Waals surface area contributed by atoms with Gasteiger partial charge in [0.15, 0.2) is 0 Å². The standard InChI is InChI=1S/C27H22N2/c1-17-14-18(2)16-19(15-17)29-25-11-7-5-9-21(25)23-13-12-22-20-8-4-6-10-24(20)28(3)26(22)27(23)29/h4-16H,1-3H3. The molecule has 6 aromatic rings. The average molecular weight is 374 g/mol. The second kappa shape index (κ2) is 5.74. The van der Waals surface area contributed by atoms with E-state index in [0.29, 0.717) is 0 Å². The van der Waals surface area contributed by atoms with Gasteiger partial charge in [0.1, 0.15) is 0 Å². The fraction of sp³-hybridized carbons (Fsp3) is 0.111. The second-order valence-electron chi connectivity index (χ2n) is 8.13. The van der Waals surface area contributed by atoms with Crippen LogP contribution in [0, 0.1) is 13.8 Å². The normalized spacial score (nSPS) is 12.0. The van der Waals surface area contributed by atoms with Gasteiger partial charge in [-0.2, -0.15) is 0 Å². The smallest absolute Gasteiger partial charge is 0.0785 e. The summed E-state index contributed by atoms with van der Waals surface area (Å²) in [5.41, 5.74) is 8.90. The van der Waals surface area contributed by atoms with Crippen LogP contribution in [0.3, 0.4) is 0 Å².